The molecule has 0 spiro atoms. The van der Waals surface area contributed by atoms with Crippen molar-refractivity contribution < 1.29 is 24.2 Å². The number of hydrogen-bond donors (Lipinski definition) is 1. The summed E-state index contributed by atoms with van der Waals surface area (Å²) in [7, 11) is -0.742. The van der Waals surface area contributed by atoms with Crippen molar-refractivity contribution in [3.05, 3.63) is 59.7 Å². The zero-order chi connectivity index (χ0) is 28.6. The summed E-state index contributed by atoms with van der Waals surface area (Å²) in [5.41, 5.74) is 1.99. The number of para-hydroxylation sites is 2. The predicted octanol–water partition coefficient (Wildman–Crippen LogP) is 5.98. The van der Waals surface area contributed by atoms with Crippen molar-refractivity contribution in [3.63, 3.8) is 0 Å². The number of fused-ring (bicyclic) bond motifs is 13. The van der Waals surface area contributed by atoms with Crippen molar-refractivity contribution in [2.75, 3.05) is 7.11 Å². The van der Waals surface area contributed by atoms with E-state index in [0.717, 1.165) is 66.8 Å². The highest BCUT2D eigenvalue weighted by molar-refractivity contribution is 6.78. The van der Waals surface area contributed by atoms with Crippen molar-refractivity contribution in [3.8, 4) is 0 Å². The Morgan fingerprint density at radius 2 is 1.68 bits per heavy atom. The van der Waals surface area contributed by atoms with Crippen LogP contribution in [0.5, 0.6) is 0 Å². The second-order valence-electron chi connectivity index (χ2n) is 12.2. The van der Waals surface area contributed by atoms with Crippen molar-refractivity contribution in [2.45, 2.75) is 69.9 Å². The summed E-state index contributed by atoms with van der Waals surface area (Å²) in [6, 6.07) is 18.1. The van der Waals surface area contributed by atoms with E-state index in [4.69, 9.17) is 9.47 Å². The number of benzene rings is 3. The Morgan fingerprint density at radius 1 is 1.05 bits per heavy atom. The van der Waals surface area contributed by atoms with Gasteiger partial charge in [0.15, 0.2) is 14.0 Å². The summed E-state index contributed by atoms with van der Waals surface area (Å²) in [6.45, 7) is 9.07. The Morgan fingerprint density at radius 3 is 2.34 bits per heavy atom. The maximum atomic E-state index is 14.6. The standard InChI is InChI=1S/C32H33N3O5Si/c1-6-41(5,7-2)33-17-20-24-19-13-9-11-15-22(19)35-28(24)27-25(26(20)29(33)36)18-12-8-10-14-21(18)34(27)23-16-32(38,30(37)39-4)31(35,3)40-23/h8-15,23,38H,6-7,16-17H2,1-5H3/t23?,31-,32-/m1/s1. The Hall–Kier alpha value is -3.66. The molecule has 2 aromatic heterocycles. The van der Waals surface area contributed by atoms with Crippen LogP contribution in [0.1, 0.15) is 49.3 Å². The summed E-state index contributed by atoms with van der Waals surface area (Å²) < 4.78 is 18.3. The molecule has 41 heavy (non-hydrogen) atoms. The number of esters is 1. The molecule has 1 fully saturated rings. The van der Waals surface area contributed by atoms with E-state index in [1.54, 1.807) is 6.92 Å². The molecule has 8 rings (SSSR count). The molecule has 3 aromatic carbocycles. The summed E-state index contributed by atoms with van der Waals surface area (Å²) in [5, 5.41) is 16.1. The van der Waals surface area contributed by atoms with Gasteiger partial charge in [0.2, 0.25) is 11.5 Å². The minimum atomic E-state index is -2.04. The number of carbonyl (C=O) groups is 2. The first-order chi connectivity index (χ1) is 19.6. The number of nitrogens with zero attached hydrogens (tertiary/aromatic N) is 3. The van der Waals surface area contributed by atoms with Crippen molar-refractivity contribution in [1.29, 1.82) is 0 Å². The molecule has 5 aromatic rings. The third-order valence-corrected chi connectivity index (χ3v) is 15.4. The number of methoxy groups -OCH3 is 1. The van der Waals surface area contributed by atoms with E-state index < -0.39 is 31.8 Å². The van der Waals surface area contributed by atoms with Crippen LogP contribution in [0.4, 0.5) is 0 Å². The van der Waals surface area contributed by atoms with Gasteiger partial charge in [0.05, 0.1) is 34.7 Å². The molecule has 3 aliphatic heterocycles. The quantitative estimate of drug-likeness (QED) is 0.213. The Balaban J connectivity index is 1.64. The molecule has 210 valence electrons. The lowest BCUT2D eigenvalue weighted by Gasteiger charge is -2.37. The molecule has 0 radical (unpaired) electrons. The van der Waals surface area contributed by atoms with Gasteiger partial charge in [-0.2, -0.15) is 0 Å². The first kappa shape index (κ1) is 25.1. The van der Waals surface area contributed by atoms with Crippen LogP contribution in [0.2, 0.25) is 18.6 Å². The lowest BCUT2D eigenvalue weighted by atomic mass is 9.88. The highest BCUT2D eigenvalue weighted by Crippen LogP contribution is 2.58. The average molecular weight is 568 g/mol. The highest BCUT2D eigenvalue weighted by Gasteiger charge is 2.66. The number of ether oxygens (including phenoxy) is 2. The lowest BCUT2D eigenvalue weighted by Crippen LogP contribution is -2.56. The molecule has 2 bridgehead atoms. The number of hydrogen-bond acceptors (Lipinski definition) is 5. The van der Waals surface area contributed by atoms with Crippen LogP contribution in [-0.2, 0) is 26.5 Å². The van der Waals surface area contributed by atoms with Gasteiger partial charge in [-0.3, -0.25) is 4.79 Å². The molecule has 3 aliphatic rings. The maximum absolute atomic E-state index is 14.6. The highest BCUT2D eigenvalue weighted by atomic mass is 28.3. The smallest absolute Gasteiger partial charge is 0.343 e. The summed E-state index contributed by atoms with van der Waals surface area (Å²) in [5.74, 6) is -0.605. The second-order valence-corrected chi connectivity index (χ2v) is 17.2. The SMILES string of the molecule is CC[Si](C)(CC)N1Cc2c(c3c4ccccc4n4c3c3c2c2ccccc2n3[C@]2(C)OC4C[C@@]2(O)C(=O)OC)C1=O. The molecule has 1 saturated heterocycles. The van der Waals surface area contributed by atoms with Crippen LogP contribution in [0.25, 0.3) is 43.6 Å². The fraction of sp³-hybridized carbons (Fsp3) is 0.375. The third-order valence-electron chi connectivity index (χ3n) is 10.7. The Bertz CT molecular complexity index is 2010. The first-order valence-electron chi connectivity index (χ1n) is 14.5. The van der Waals surface area contributed by atoms with Gasteiger partial charge in [0.25, 0.3) is 0 Å². The van der Waals surface area contributed by atoms with E-state index in [1.165, 1.54) is 7.11 Å². The summed E-state index contributed by atoms with van der Waals surface area (Å²) in [6.07, 6.45) is -0.629. The molecule has 1 unspecified atom stereocenters. The van der Waals surface area contributed by atoms with E-state index in [9.17, 15) is 14.7 Å². The van der Waals surface area contributed by atoms with E-state index in [1.807, 2.05) is 41.0 Å². The molecule has 0 aliphatic carbocycles. The van der Waals surface area contributed by atoms with Gasteiger partial charge in [0, 0.05) is 34.5 Å². The van der Waals surface area contributed by atoms with E-state index >= 15 is 0 Å². The Labute approximate surface area is 238 Å². The number of aromatic nitrogens is 2. The number of carbonyl (C=O) groups excluding carboxylic acids is 2. The summed E-state index contributed by atoms with van der Waals surface area (Å²) >= 11 is 0. The van der Waals surface area contributed by atoms with Gasteiger partial charge >= 0.3 is 5.97 Å². The van der Waals surface area contributed by atoms with Crippen molar-refractivity contribution >= 4 is 63.7 Å². The van der Waals surface area contributed by atoms with Crippen molar-refractivity contribution in [1.82, 2.24) is 13.7 Å². The molecular formula is C32H33N3O5Si. The molecule has 5 heterocycles. The maximum Gasteiger partial charge on any atom is 0.343 e. The van der Waals surface area contributed by atoms with Gasteiger partial charge in [-0.25, -0.2) is 4.79 Å². The number of amides is 1. The largest absolute Gasteiger partial charge is 0.467 e. The average Bonchev–Trinajstić information content (AvgIpc) is 3.67. The zero-order valence-corrected chi connectivity index (χ0v) is 24.9. The number of aliphatic hydroxyl groups is 1. The van der Waals surface area contributed by atoms with Crippen molar-refractivity contribution in [2.24, 2.45) is 0 Å². The second kappa shape index (κ2) is 7.79. The van der Waals surface area contributed by atoms with Crippen LogP contribution >= 0.6 is 0 Å². The van der Waals surface area contributed by atoms with Gasteiger partial charge in [-0.1, -0.05) is 56.8 Å². The van der Waals surface area contributed by atoms with Crippen LogP contribution in [-0.4, -0.2) is 51.6 Å². The number of rotatable bonds is 4. The van der Waals surface area contributed by atoms with E-state index in [2.05, 4.69) is 41.7 Å². The molecule has 0 saturated carbocycles. The lowest BCUT2D eigenvalue weighted by molar-refractivity contribution is -0.202. The van der Waals surface area contributed by atoms with Crippen LogP contribution in [0, 0.1) is 0 Å². The normalized spacial score (nSPS) is 25.3. The van der Waals surface area contributed by atoms with Gasteiger partial charge in [-0.15, -0.1) is 0 Å². The third kappa shape index (κ3) is 2.64. The molecule has 8 nitrogen and oxygen atoms in total. The Kier molecular flexibility index (Phi) is 4.76. The summed E-state index contributed by atoms with van der Waals surface area (Å²) in [4.78, 5) is 27.9. The zero-order valence-electron chi connectivity index (χ0n) is 23.9. The van der Waals surface area contributed by atoms with Crippen LogP contribution < -0.4 is 0 Å². The van der Waals surface area contributed by atoms with Crippen LogP contribution in [0.15, 0.2) is 48.5 Å². The molecule has 1 N–H and O–H groups in total. The van der Waals surface area contributed by atoms with E-state index in [-0.39, 0.29) is 12.3 Å². The molecule has 3 atom stereocenters. The fourth-order valence-corrected chi connectivity index (χ4v) is 10.4. The van der Waals surface area contributed by atoms with Gasteiger partial charge < -0.3 is 28.3 Å². The first-order valence-corrected chi connectivity index (χ1v) is 17.3. The molecule has 1 amide bonds. The topological polar surface area (TPSA) is 85.9 Å². The minimum absolute atomic E-state index is 0.0190. The fourth-order valence-electron chi connectivity index (χ4n) is 8.03. The molecular weight excluding hydrogens is 534 g/mol. The minimum Gasteiger partial charge on any atom is -0.467 e. The van der Waals surface area contributed by atoms with Crippen LogP contribution in [0.3, 0.4) is 0 Å². The van der Waals surface area contributed by atoms with E-state index in [0.29, 0.717) is 6.54 Å². The predicted molar refractivity (Wildman–Crippen MR) is 160 cm³/mol. The van der Waals surface area contributed by atoms with Gasteiger partial charge in [0.1, 0.15) is 6.23 Å². The monoisotopic (exact) mass is 567 g/mol. The molecule has 9 heteroatoms. The van der Waals surface area contributed by atoms with Gasteiger partial charge in [-0.05, 0) is 36.7 Å².